The van der Waals surface area contributed by atoms with Gasteiger partial charge in [0.2, 0.25) is 5.91 Å². The van der Waals surface area contributed by atoms with Crippen molar-refractivity contribution < 1.29 is 9.18 Å². The Hall–Kier alpha value is -1.38. The maximum absolute atomic E-state index is 12.9. The summed E-state index contributed by atoms with van der Waals surface area (Å²) in [6.45, 7) is 4.51. The van der Waals surface area contributed by atoms with Crippen molar-refractivity contribution in [3.8, 4) is 0 Å². The van der Waals surface area contributed by atoms with E-state index in [4.69, 9.17) is 5.73 Å². The number of nitrogens with two attached hydrogens (primary N) is 1. The summed E-state index contributed by atoms with van der Waals surface area (Å²) < 4.78 is 12.9. The largest absolute Gasteiger partial charge is 0.369 e. The summed E-state index contributed by atoms with van der Waals surface area (Å²) in [4.78, 5) is 15.7. The van der Waals surface area contributed by atoms with E-state index in [9.17, 15) is 9.18 Å². The molecule has 1 aromatic rings. The molecule has 0 aliphatic carbocycles. The van der Waals surface area contributed by atoms with Gasteiger partial charge in [0, 0.05) is 19.6 Å². The van der Waals surface area contributed by atoms with Crippen LogP contribution in [0.2, 0.25) is 0 Å². The third kappa shape index (κ3) is 8.15. The number of guanidine groups is 1. The molecule has 130 valence electrons. The van der Waals surface area contributed by atoms with Crippen molar-refractivity contribution >= 4 is 35.8 Å². The molecule has 0 bridgehead atoms. The average molecular weight is 436 g/mol. The van der Waals surface area contributed by atoms with Gasteiger partial charge in [0.05, 0.1) is 5.92 Å². The van der Waals surface area contributed by atoms with Gasteiger partial charge in [0.15, 0.2) is 5.96 Å². The lowest BCUT2D eigenvalue weighted by Crippen LogP contribution is -2.45. The molecule has 4 N–H and O–H groups in total. The van der Waals surface area contributed by atoms with Crippen LogP contribution in [0, 0.1) is 11.7 Å². The predicted molar refractivity (Wildman–Crippen MR) is 102 cm³/mol. The van der Waals surface area contributed by atoms with E-state index in [-0.39, 0.29) is 41.8 Å². The first kappa shape index (κ1) is 21.6. The second kappa shape index (κ2) is 11.2. The van der Waals surface area contributed by atoms with Gasteiger partial charge in [0.1, 0.15) is 5.82 Å². The average Bonchev–Trinajstić information content (AvgIpc) is 2.51. The molecule has 0 heterocycles. The van der Waals surface area contributed by atoms with Crippen LogP contribution in [0.5, 0.6) is 0 Å². The van der Waals surface area contributed by atoms with Crippen LogP contribution in [0.3, 0.4) is 0 Å². The van der Waals surface area contributed by atoms with Gasteiger partial charge < -0.3 is 16.4 Å². The topological polar surface area (TPSA) is 79.5 Å². The van der Waals surface area contributed by atoms with Gasteiger partial charge in [-0.15, -0.1) is 24.0 Å². The van der Waals surface area contributed by atoms with Crippen molar-refractivity contribution in [2.45, 2.75) is 32.7 Å². The predicted octanol–water partition coefficient (Wildman–Crippen LogP) is 2.05. The lowest BCUT2D eigenvalue weighted by atomic mass is 9.98. The second-order valence-corrected chi connectivity index (χ2v) is 5.34. The number of hydrogen-bond donors (Lipinski definition) is 3. The van der Waals surface area contributed by atoms with E-state index in [2.05, 4.69) is 29.5 Å². The summed E-state index contributed by atoms with van der Waals surface area (Å²) in [5.41, 5.74) is 6.33. The van der Waals surface area contributed by atoms with Gasteiger partial charge in [-0.2, -0.15) is 0 Å². The minimum absolute atomic E-state index is 0. The van der Waals surface area contributed by atoms with Crippen LogP contribution < -0.4 is 16.4 Å². The molecule has 0 radical (unpaired) electrons. The fourth-order valence-corrected chi connectivity index (χ4v) is 1.93. The van der Waals surface area contributed by atoms with Gasteiger partial charge in [0.25, 0.3) is 0 Å². The van der Waals surface area contributed by atoms with Crippen molar-refractivity contribution in [2.75, 3.05) is 13.6 Å². The van der Waals surface area contributed by atoms with Crippen LogP contribution in [-0.4, -0.2) is 31.5 Å². The first-order valence-electron chi connectivity index (χ1n) is 7.47. The Morgan fingerprint density at radius 2 is 1.96 bits per heavy atom. The van der Waals surface area contributed by atoms with Crippen LogP contribution in [0.15, 0.2) is 29.3 Å². The molecular weight excluding hydrogens is 410 g/mol. The van der Waals surface area contributed by atoms with Gasteiger partial charge in [-0.05, 0) is 37.5 Å². The first-order valence-corrected chi connectivity index (χ1v) is 7.47. The molecule has 1 amide bonds. The van der Waals surface area contributed by atoms with Crippen LogP contribution in [0.1, 0.15) is 25.8 Å². The lowest BCUT2D eigenvalue weighted by molar-refractivity contribution is -0.121. The number of primary amides is 1. The number of nitrogens with zero attached hydrogens (tertiary/aromatic N) is 1. The molecule has 0 aromatic heterocycles. The third-order valence-corrected chi connectivity index (χ3v) is 3.53. The molecule has 0 saturated carbocycles. The summed E-state index contributed by atoms with van der Waals surface area (Å²) in [6, 6.07) is 6.37. The van der Waals surface area contributed by atoms with Crippen molar-refractivity contribution in [1.82, 2.24) is 10.6 Å². The van der Waals surface area contributed by atoms with E-state index in [0.717, 1.165) is 12.0 Å². The number of hydrogen-bond acceptors (Lipinski definition) is 2. The maximum Gasteiger partial charge on any atom is 0.222 e. The number of rotatable bonds is 7. The van der Waals surface area contributed by atoms with E-state index in [1.165, 1.54) is 12.1 Å². The summed E-state index contributed by atoms with van der Waals surface area (Å²) in [5.74, 6) is -0.438. The minimum Gasteiger partial charge on any atom is -0.369 e. The Kier molecular flexibility index (Phi) is 10.5. The monoisotopic (exact) mass is 436 g/mol. The Balaban J connectivity index is 0.00000484. The van der Waals surface area contributed by atoms with E-state index < -0.39 is 5.91 Å². The molecule has 2 atom stereocenters. The highest BCUT2D eigenvalue weighted by Gasteiger charge is 2.17. The number of carbonyl (C=O) groups excluding carboxylic acids is 1. The van der Waals surface area contributed by atoms with Crippen LogP contribution >= 0.6 is 24.0 Å². The third-order valence-electron chi connectivity index (χ3n) is 3.53. The standard InChI is InChI=1S/C16H25FN4O.HI/c1-4-11(2)21-16(19-3)20-10-13(15(18)22)9-12-5-7-14(17)8-6-12;/h5-8,11,13H,4,9-10H2,1-3H3,(H2,18,22)(H2,19,20,21);1H. The number of aliphatic imine (C=N–C) groups is 1. The number of nitrogens with one attached hydrogen (secondary N) is 2. The Bertz CT molecular complexity index is 507. The molecule has 0 fully saturated rings. The Labute approximate surface area is 154 Å². The SMILES string of the molecule is CCC(C)NC(=NC)NCC(Cc1ccc(F)cc1)C(N)=O.I. The second-order valence-electron chi connectivity index (χ2n) is 5.34. The van der Waals surface area contributed by atoms with Crippen molar-refractivity contribution in [3.05, 3.63) is 35.6 Å². The fraction of sp³-hybridized carbons (Fsp3) is 0.500. The van der Waals surface area contributed by atoms with Crippen molar-refractivity contribution in [3.63, 3.8) is 0 Å². The van der Waals surface area contributed by atoms with E-state index in [1.807, 2.05) is 0 Å². The van der Waals surface area contributed by atoms with E-state index in [0.29, 0.717) is 18.9 Å². The van der Waals surface area contributed by atoms with Crippen molar-refractivity contribution in [1.29, 1.82) is 0 Å². The highest BCUT2D eigenvalue weighted by atomic mass is 127. The molecule has 1 rings (SSSR count). The van der Waals surface area contributed by atoms with Crippen LogP contribution in [0.25, 0.3) is 0 Å². The summed E-state index contributed by atoms with van der Waals surface area (Å²) in [7, 11) is 1.68. The highest BCUT2D eigenvalue weighted by molar-refractivity contribution is 14.0. The zero-order valence-electron chi connectivity index (χ0n) is 13.8. The molecule has 7 heteroatoms. The van der Waals surface area contributed by atoms with Gasteiger partial charge in [-0.3, -0.25) is 9.79 Å². The first-order chi connectivity index (χ1) is 10.5. The van der Waals surface area contributed by atoms with Crippen molar-refractivity contribution in [2.24, 2.45) is 16.6 Å². The number of benzene rings is 1. The van der Waals surface area contributed by atoms with Gasteiger partial charge in [-0.1, -0.05) is 19.1 Å². The molecule has 0 aliphatic rings. The van der Waals surface area contributed by atoms with E-state index in [1.54, 1.807) is 19.2 Å². The molecule has 23 heavy (non-hydrogen) atoms. The Morgan fingerprint density at radius 3 is 2.43 bits per heavy atom. The Morgan fingerprint density at radius 1 is 1.35 bits per heavy atom. The lowest BCUT2D eigenvalue weighted by Gasteiger charge is -2.19. The van der Waals surface area contributed by atoms with Gasteiger partial charge in [-0.25, -0.2) is 4.39 Å². The zero-order chi connectivity index (χ0) is 16.5. The van der Waals surface area contributed by atoms with Gasteiger partial charge >= 0.3 is 0 Å². The molecular formula is C16H26FIN4O. The van der Waals surface area contributed by atoms with E-state index >= 15 is 0 Å². The highest BCUT2D eigenvalue weighted by Crippen LogP contribution is 2.09. The molecule has 0 saturated heterocycles. The molecule has 2 unspecified atom stereocenters. The molecule has 0 spiro atoms. The van der Waals surface area contributed by atoms with Crippen LogP contribution in [-0.2, 0) is 11.2 Å². The number of carbonyl (C=O) groups is 1. The fourth-order valence-electron chi connectivity index (χ4n) is 1.93. The molecule has 5 nitrogen and oxygen atoms in total. The minimum atomic E-state index is -0.393. The van der Waals surface area contributed by atoms with Crippen LogP contribution in [0.4, 0.5) is 4.39 Å². The molecule has 1 aromatic carbocycles. The maximum atomic E-state index is 12.9. The number of halogens is 2. The number of amides is 1. The quantitative estimate of drug-likeness (QED) is 0.348. The normalized spacial score (nSPS) is 13.7. The summed E-state index contributed by atoms with van der Waals surface area (Å²) >= 11 is 0. The zero-order valence-corrected chi connectivity index (χ0v) is 16.1. The summed E-state index contributed by atoms with van der Waals surface area (Å²) in [5, 5.41) is 6.33. The summed E-state index contributed by atoms with van der Waals surface area (Å²) in [6.07, 6.45) is 1.43. The smallest absolute Gasteiger partial charge is 0.222 e. The molecule has 0 aliphatic heterocycles.